The van der Waals surface area contributed by atoms with Crippen LogP contribution in [0.1, 0.15) is 72.3 Å². The lowest BCUT2D eigenvalue weighted by molar-refractivity contribution is -0.131. The van der Waals surface area contributed by atoms with E-state index in [9.17, 15) is 45.5 Å². The molecule has 3 heterocycles. The SMILES string of the molecule is O=C(CNC(=O)C(F)F)c1ccc(CN(C(=O)N2CCCCC2)c2ccccc2)c(F)c1.O=C(N1CCCCC1)N(Cc1ccc(-c2nnc(C(F)F)o2)cc1F)c1ccccc1. The van der Waals surface area contributed by atoms with Gasteiger partial charge in [-0.15, -0.1) is 10.2 Å². The monoisotopic (exact) mass is 877 g/mol. The van der Waals surface area contributed by atoms with Crippen LogP contribution in [-0.4, -0.2) is 82.9 Å². The summed E-state index contributed by atoms with van der Waals surface area (Å²) < 4.78 is 84.4. The summed E-state index contributed by atoms with van der Waals surface area (Å²) >= 11 is 0. The van der Waals surface area contributed by atoms with E-state index in [1.165, 1.54) is 29.2 Å². The Morgan fingerprint density at radius 1 is 0.635 bits per heavy atom. The summed E-state index contributed by atoms with van der Waals surface area (Å²) in [6.45, 7) is 1.95. The summed E-state index contributed by atoms with van der Waals surface area (Å²) in [7, 11) is 0. The van der Waals surface area contributed by atoms with Crippen molar-refractivity contribution in [3.05, 3.63) is 131 Å². The first-order chi connectivity index (χ1) is 30.4. The average Bonchev–Trinajstić information content (AvgIpc) is 3.82. The number of nitrogens with one attached hydrogen (secondary N) is 1. The van der Waals surface area contributed by atoms with Crippen molar-refractivity contribution in [2.45, 2.75) is 64.5 Å². The Hall–Kier alpha value is -6.72. The predicted molar refractivity (Wildman–Crippen MR) is 221 cm³/mol. The number of anilines is 2. The lowest BCUT2D eigenvalue weighted by atomic mass is 10.1. The van der Waals surface area contributed by atoms with Crippen molar-refractivity contribution in [1.29, 1.82) is 0 Å². The molecule has 7 rings (SSSR count). The van der Waals surface area contributed by atoms with Gasteiger partial charge < -0.3 is 19.5 Å². The van der Waals surface area contributed by atoms with E-state index in [1.54, 1.807) is 56.4 Å². The van der Waals surface area contributed by atoms with Crippen molar-refractivity contribution >= 4 is 35.1 Å². The molecule has 0 aliphatic carbocycles. The molecule has 0 radical (unpaired) electrons. The van der Waals surface area contributed by atoms with Gasteiger partial charge in [0.2, 0.25) is 5.89 Å². The maximum atomic E-state index is 14.9. The minimum atomic E-state index is -3.23. The van der Waals surface area contributed by atoms with Crippen molar-refractivity contribution in [1.82, 2.24) is 25.3 Å². The Bertz CT molecular complexity index is 2320. The molecule has 2 saturated heterocycles. The number of amides is 5. The molecular formula is C45H45F6N7O5. The molecule has 4 aromatic carbocycles. The van der Waals surface area contributed by atoms with Crippen LogP contribution in [0.4, 0.5) is 47.3 Å². The van der Waals surface area contributed by atoms with E-state index in [1.807, 2.05) is 24.3 Å². The fraction of sp³-hybridized carbons (Fsp3) is 0.333. The van der Waals surface area contributed by atoms with Gasteiger partial charge in [-0.05, 0) is 81.0 Å². The normalized spacial score (nSPS) is 13.9. The summed E-state index contributed by atoms with van der Waals surface area (Å²) in [4.78, 5) is 56.0. The number of halogens is 6. The largest absolute Gasteiger partial charge is 0.415 e. The van der Waals surface area contributed by atoms with Gasteiger partial charge in [0.25, 0.3) is 11.8 Å². The molecule has 18 heteroatoms. The number of Topliss-reactive ketones (excluding diaryl/α,β-unsaturated/α-hetero) is 1. The van der Waals surface area contributed by atoms with E-state index in [2.05, 4.69) is 10.2 Å². The molecule has 1 aromatic heterocycles. The highest BCUT2D eigenvalue weighted by molar-refractivity contribution is 5.99. The van der Waals surface area contributed by atoms with Crippen LogP contribution in [0, 0.1) is 11.6 Å². The van der Waals surface area contributed by atoms with Crippen LogP contribution >= 0.6 is 0 Å². The van der Waals surface area contributed by atoms with Crippen LogP contribution in [0.25, 0.3) is 11.5 Å². The van der Waals surface area contributed by atoms with Gasteiger partial charge in [-0.2, -0.15) is 17.6 Å². The second-order valence-electron chi connectivity index (χ2n) is 14.8. The van der Waals surface area contributed by atoms with Crippen LogP contribution in [0.2, 0.25) is 0 Å². The van der Waals surface area contributed by atoms with Crippen LogP contribution in [0.5, 0.6) is 0 Å². The lowest BCUT2D eigenvalue weighted by Crippen LogP contribution is -2.45. The molecule has 5 aromatic rings. The van der Waals surface area contributed by atoms with E-state index >= 15 is 0 Å². The Morgan fingerprint density at radius 2 is 1.13 bits per heavy atom. The van der Waals surface area contributed by atoms with Crippen molar-refractivity contribution in [2.75, 3.05) is 42.5 Å². The fourth-order valence-electron chi connectivity index (χ4n) is 7.05. The second kappa shape index (κ2) is 21.9. The molecule has 12 nitrogen and oxygen atoms in total. The number of carbonyl (C=O) groups excluding carboxylic acids is 4. The van der Waals surface area contributed by atoms with Gasteiger partial charge in [0.1, 0.15) is 11.6 Å². The van der Waals surface area contributed by atoms with E-state index < -0.39 is 48.6 Å². The topological polar surface area (TPSA) is 132 Å². The number of benzene rings is 4. The molecule has 2 fully saturated rings. The number of urea groups is 2. The maximum absolute atomic E-state index is 14.9. The quantitative estimate of drug-likeness (QED) is 0.0976. The molecule has 0 saturated carbocycles. The molecule has 0 bridgehead atoms. The number of rotatable bonds is 12. The van der Waals surface area contributed by atoms with E-state index in [0.29, 0.717) is 37.6 Å². The third-order valence-electron chi connectivity index (χ3n) is 10.4. The number of para-hydroxylation sites is 2. The third kappa shape index (κ3) is 12.2. The predicted octanol–water partition coefficient (Wildman–Crippen LogP) is 9.43. The summed E-state index contributed by atoms with van der Waals surface area (Å²) in [6.07, 6.45) is -0.243. The molecule has 63 heavy (non-hydrogen) atoms. The molecule has 0 spiro atoms. The molecule has 1 N–H and O–H groups in total. The molecule has 0 atom stereocenters. The van der Waals surface area contributed by atoms with Crippen molar-refractivity contribution in [2.24, 2.45) is 0 Å². The van der Waals surface area contributed by atoms with Crippen LogP contribution in [0.3, 0.4) is 0 Å². The van der Waals surface area contributed by atoms with Gasteiger partial charge in [-0.1, -0.05) is 54.6 Å². The highest BCUT2D eigenvalue weighted by atomic mass is 19.3. The summed E-state index contributed by atoms with van der Waals surface area (Å²) in [6, 6.07) is 25.5. The van der Waals surface area contributed by atoms with E-state index in [4.69, 9.17) is 4.42 Å². The molecule has 0 unspecified atom stereocenters. The van der Waals surface area contributed by atoms with E-state index in [0.717, 1.165) is 50.7 Å². The Kier molecular flexibility index (Phi) is 15.9. The number of nitrogens with zero attached hydrogens (tertiary/aromatic N) is 6. The number of likely N-dealkylation sites (tertiary alicyclic amines) is 2. The number of hydrogen-bond donors (Lipinski definition) is 1. The first-order valence-corrected chi connectivity index (χ1v) is 20.4. The van der Waals surface area contributed by atoms with Crippen LogP contribution in [-0.2, 0) is 17.9 Å². The van der Waals surface area contributed by atoms with Gasteiger partial charge >= 0.3 is 24.9 Å². The van der Waals surface area contributed by atoms with Gasteiger partial charge in [-0.25, -0.2) is 18.4 Å². The van der Waals surface area contributed by atoms with Gasteiger partial charge in [-0.3, -0.25) is 19.4 Å². The van der Waals surface area contributed by atoms with E-state index in [-0.39, 0.29) is 53.3 Å². The van der Waals surface area contributed by atoms with Crippen molar-refractivity contribution in [3.63, 3.8) is 0 Å². The Morgan fingerprint density at radius 3 is 1.57 bits per heavy atom. The smallest absolute Gasteiger partial charge is 0.324 e. The van der Waals surface area contributed by atoms with Gasteiger partial charge in [0.15, 0.2) is 5.78 Å². The number of carbonyl (C=O) groups is 4. The molecule has 2 aliphatic rings. The number of hydrogen-bond acceptors (Lipinski definition) is 7. The highest BCUT2D eigenvalue weighted by Gasteiger charge is 2.27. The zero-order valence-electron chi connectivity index (χ0n) is 34.1. The van der Waals surface area contributed by atoms with Crippen molar-refractivity contribution in [3.8, 4) is 11.5 Å². The number of aromatic nitrogens is 2. The zero-order chi connectivity index (χ0) is 44.9. The summed E-state index contributed by atoms with van der Waals surface area (Å²) in [5.74, 6) is -4.57. The molecule has 2 aliphatic heterocycles. The summed E-state index contributed by atoms with van der Waals surface area (Å²) in [5, 5.41) is 8.60. The standard InChI is InChI=1S/C23H24F3N3O3.C22H21F3N4O2/c24-19-13-16(20(30)14-27-22(31)21(25)26)9-10-17(19)15-29(18-7-3-1-4-8-18)23(32)28-11-5-2-6-12-28;23-18-13-15(20-26-27-21(31-20)19(24)25)9-10-16(18)14-29(17-7-3-1-4-8-17)22(30)28-11-5-2-6-12-28/h1,3-4,7-10,13,21H,2,5-6,11-12,14-15H2,(H,27,31);1,3-4,7-10,13,19H,2,5-6,11-12,14H2. The van der Waals surface area contributed by atoms with Gasteiger partial charge in [0, 0.05) is 59.8 Å². The molecular weight excluding hydrogens is 833 g/mol. The van der Waals surface area contributed by atoms with Crippen molar-refractivity contribution < 1.29 is 49.9 Å². The number of ketones is 1. The Balaban J connectivity index is 0.000000210. The minimum Gasteiger partial charge on any atom is -0.415 e. The number of alkyl halides is 4. The van der Waals surface area contributed by atoms with Crippen LogP contribution in [0.15, 0.2) is 101 Å². The first-order valence-electron chi connectivity index (χ1n) is 20.4. The maximum Gasteiger partial charge on any atom is 0.324 e. The highest BCUT2D eigenvalue weighted by Crippen LogP contribution is 2.28. The fourth-order valence-corrected chi connectivity index (χ4v) is 7.05. The first kappa shape index (κ1) is 45.8. The zero-order valence-corrected chi connectivity index (χ0v) is 34.1. The molecule has 332 valence electrons. The number of piperidine rings is 2. The second-order valence-corrected chi connectivity index (χ2v) is 14.8. The third-order valence-corrected chi connectivity index (χ3v) is 10.4. The Labute approximate surface area is 359 Å². The average molecular weight is 878 g/mol. The van der Waals surface area contributed by atoms with Crippen LogP contribution < -0.4 is 15.1 Å². The minimum absolute atomic E-state index is 0.0254. The van der Waals surface area contributed by atoms with Gasteiger partial charge in [0.05, 0.1) is 19.6 Å². The summed E-state index contributed by atoms with van der Waals surface area (Å²) in [5.41, 5.74) is 1.90. The lowest BCUT2D eigenvalue weighted by Gasteiger charge is -2.33. The molecule has 5 amide bonds.